The van der Waals surface area contributed by atoms with Gasteiger partial charge in [0.2, 0.25) is 0 Å². The van der Waals surface area contributed by atoms with Gasteiger partial charge in [-0.2, -0.15) is 0 Å². The maximum atomic E-state index is 2.68. The summed E-state index contributed by atoms with van der Waals surface area (Å²) < 4.78 is 0. The summed E-state index contributed by atoms with van der Waals surface area (Å²) in [5.74, 6) is 2.78. The predicted octanol–water partition coefficient (Wildman–Crippen LogP) is 4.57. The SMILES string of the molecule is CC(C)CCCC1CCN(CCC(C)C)CC1. The molecular weight excluding hydrogens is 206 g/mol. The maximum Gasteiger partial charge on any atom is -0.00161 e. The zero-order chi connectivity index (χ0) is 12.7. The lowest BCUT2D eigenvalue weighted by Gasteiger charge is -2.32. The normalized spacial score (nSPS) is 19.4. The highest BCUT2D eigenvalue weighted by Gasteiger charge is 2.18. The van der Waals surface area contributed by atoms with Crippen molar-refractivity contribution in [2.45, 2.75) is 66.2 Å². The van der Waals surface area contributed by atoms with Crippen molar-refractivity contribution in [1.82, 2.24) is 4.90 Å². The Labute approximate surface area is 109 Å². The van der Waals surface area contributed by atoms with Gasteiger partial charge < -0.3 is 4.90 Å². The first-order valence-electron chi connectivity index (χ1n) is 7.80. The lowest BCUT2D eigenvalue weighted by atomic mass is 9.90. The third-order valence-corrected chi connectivity index (χ3v) is 4.12. The average molecular weight is 239 g/mol. The Morgan fingerprint density at radius 2 is 1.53 bits per heavy atom. The van der Waals surface area contributed by atoms with Crippen molar-refractivity contribution in [2.24, 2.45) is 17.8 Å². The van der Waals surface area contributed by atoms with Crippen LogP contribution in [0.4, 0.5) is 0 Å². The third kappa shape index (κ3) is 7.08. The number of piperidine rings is 1. The molecule has 17 heavy (non-hydrogen) atoms. The standard InChI is InChI=1S/C16H33N/c1-14(2)6-5-7-16-9-12-17(13-10-16)11-8-15(3)4/h14-16H,5-13H2,1-4H3. The van der Waals surface area contributed by atoms with Gasteiger partial charge in [0.15, 0.2) is 0 Å². The van der Waals surface area contributed by atoms with Crippen molar-refractivity contribution in [1.29, 1.82) is 0 Å². The van der Waals surface area contributed by atoms with E-state index in [2.05, 4.69) is 32.6 Å². The van der Waals surface area contributed by atoms with Crippen LogP contribution in [0.3, 0.4) is 0 Å². The molecule has 1 nitrogen and oxygen atoms in total. The van der Waals surface area contributed by atoms with Gasteiger partial charge in [0, 0.05) is 0 Å². The second-order valence-electron chi connectivity index (χ2n) is 6.79. The third-order valence-electron chi connectivity index (χ3n) is 4.12. The molecule has 1 aliphatic heterocycles. The highest BCUT2D eigenvalue weighted by Crippen LogP contribution is 2.23. The van der Waals surface area contributed by atoms with E-state index in [-0.39, 0.29) is 0 Å². The molecule has 1 saturated heterocycles. The van der Waals surface area contributed by atoms with Gasteiger partial charge in [-0.05, 0) is 56.7 Å². The molecule has 1 aliphatic rings. The van der Waals surface area contributed by atoms with E-state index in [0.29, 0.717) is 0 Å². The van der Waals surface area contributed by atoms with Gasteiger partial charge in [0.05, 0.1) is 0 Å². The molecular formula is C16H33N. The molecule has 0 bridgehead atoms. The molecule has 1 fully saturated rings. The first-order valence-corrected chi connectivity index (χ1v) is 7.80. The van der Waals surface area contributed by atoms with E-state index in [1.54, 1.807) is 0 Å². The van der Waals surface area contributed by atoms with E-state index in [1.807, 2.05) is 0 Å². The first-order chi connectivity index (χ1) is 8.08. The highest BCUT2D eigenvalue weighted by atomic mass is 15.1. The fourth-order valence-corrected chi connectivity index (χ4v) is 2.75. The molecule has 0 N–H and O–H groups in total. The smallest absolute Gasteiger partial charge is 0.00161 e. The summed E-state index contributed by atoms with van der Waals surface area (Å²) in [4.78, 5) is 2.68. The molecule has 1 heterocycles. The number of nitrogens with zero attached hydrogens (tertiary/aromatic N) is 1. The summed E-state index contributed by atoms with van der Waals surface area (Å²) in [6.45, 7) is 13.4. The van der Waals surface area contributed by atoms with Crippen molar-refractivity contribution >= 4 is 0 Å². The van der Waals surface area contributed by atoms with E-state index < -0.39 is 0 Å². The molecule has 0 aromatic carbocycles. The van der Waals surface area contributed by atoms with Crippen LogP contribution in [0, 0.1) is 17.8 Å². The van der Waals surface area contributed by atoms with Crippen molar-refractivity contribution in [3.8, 4) is 0 Å². The van der Waals surface area contributed by atoms with Crippen LogP contribution < -0.4 is 0 Å². The van der Waals surface area contributed by atoms with Crippen LogP contribution in [0.25, 0.3) is 0 Å². The molecule has 0 unspecified atom stereocenters. The number of likely N-dealkylation sites (tertiary alicyclic amines) is 1. The largest absolute Gasteiger partial charge is 0.303 e. The maximum absolute atomic E-state index is 2.68. The van der Waals surface area contributed by atoms with Crippen molar-refractivity contribution in [2.75, 3.05) is 19.6 Å². The van der Waals surface area contributed by atoms with E-state index in [4.69, 9.17) is 0 Å². The Morgan fingerprint density at radius 3 is 2.06 bits per heavy atom. The molecule has 1 rings (SSSR count). The van der Waals surface area contributed by atoms with Crippen LogP contribution >= 0.6 is 0 Å². The summed E-state index contributed by atoms with van der Waals surface area (Å²) in [5, 5.41) is 0. The minimum atomic E-state index is 0.860. The molecule has 0 amide bonds. The first kappa shape index (κ1) is 15.0. The lowest BCUT2D eigenvalue weighted by Crippen LogP contribution is -2.34. The molecule has 0 saturated carbocycles. The summed E-state index contributed by atoms with van der Waals surface area (Å²) in [7, 11) is 0. The Bertz CT molecular complexity index is 178. The van der Waals surface area contributed by atoms with Crippen LogP contribution in [0.15, 0.2) is 0 Å². The van der Waals surface area contributed by atoms with Crippen LogP contribution in [-0.2, 0) is 0 Å². The quantitative estimate of drug-likeness (QED) is 0.629. The summed E-state index contributed by atoms with van der Waals surface area (Å²) in [6, 6.07) is 0. The molecule has 0 spiro atoms. The minimum absolute atomic E-state index is 0.860. The van der Waals surface area contributed by atoms with E-state index in [9.17, 15) is 0 Å². The molecule has 0 aromatic heterocycles. The second kappa shape index (κ2) is 8.13. The lowest BCUT2D eigenvalue weighted by molar-refractivity contribution is 0.169. The highest BCUT2D eigenvalue weighted by molar-refractivity contribution is 4.72. The van der Waals surface area contributed by atoms with E-state index >= 15 is 0 Å². The van der Waals surface area contributed by atoms with Gasteiger partial charge in [-0.25, -0.2) is 0 Å². The van der Waals surface area contributed by atoms with Gasteiger partial charge in [-0.15, -0.1) is 0 Å². The van der Waals surface area contributed by atoms with Crippen molar-refractivity contribution < 1.29 is 0 Å². The van der Waals surface area contributed by atoms with Crippen LogP contribution in [-0.4, -0.2) is 24.5 Å². The van der Waals surface area contributed by atoms with Crippen LogP contribution in [0.5, 0.6) is 0 Å². The number of rotatable bonds is 7. The molecule has 1 heteroatoms. The molecule has 0 aromatic rings. The molecule has 0 aliphatic carbocycles. The van der Waals surface area contributed by atoms with E-state index in [0.717, 1.165) is 17.8 Å². The summed E-state index contributed by atoms with van der Waals surface area (Å²) in [6.07, 6.45) is 8.64. The average Bonchev–Trinajstić information content (AvgIpc) is 2.27. The summed E-state index contributed by atoms with van der Waals surface area (Å²) in [5.41, 5.74) is 0. The van der Waals surface area contributed by atoms with Gasteiger partial charge in [-0.3, -0.25) is 0 Å². The Morgan fingerprint density at radius 1 is 0.941 bits per heavy atom. The fourth-order valence-electron chi connectivity index (χ4n) is 2.75. The molecule has 102 valence electrons. The fraction of sp³-hybridized carbons (Fsp3) is 1.00. The second-order valence-corrected chi connectivity index (χ2v) is 6.79. The molecule has 0 atom stereocenters. The number of hydrogen-bond acceptors (Lipinski definition) is 1. The zero-order valence-corrected chi connectivity index (χ0v) is 12.5. The van der Waals surface area contributed by atoms with Crippen LogP contribution in [0.2, 0.25) is 0 Å². The zero-order valence-electron chi connectivity index (χ0n) is 12.5. The van der Waals surface area contributed by atoms with Gasteiger partial charge in [-0.1, -0.05) is 47.0 Å². The Kier molecular flexibility index (Phi) is 7.18. The monoisotopic (exact) mass is 239 g/mol. The number of hydrogen-bond donors (Lipinski definition) is 0. The van der Waals surface area contributed by atoms with Crippen molar-refractivity contribution in [3.05, 3.63) is 0 Å². The van der Waals surface area contributed by atoms with Gasteiger partial charge >= 0.3 is 0 Å². The Hall–Kier alpha value is -0.0400. The predicted molar refractivity (Wildman–Crippen MR) is 77.3 cm³/mol. The Balaban J connectivity index is 2.05. The topological polar surface area (TPSA) is 3.24 Å². The summed E-state index contributed by atoms with van der Waals surface area (Å²) >= 11 is 0. The minimum Gasteiger partial charge on any atom is -0.303 e. The van der Waals surface area contributed by atoms with Gasteiger partial charge in [0.1, 0.15) is 0 Å². The molecule has 0 radical (unpaired) electrons. The van der Waals surface area contributed by atoms with Gasteiger partial charge in [0.25, 0.3) is 0 Å². The van der Waals surface area contributed by atoms with E-state index in [1.165, 1.54) is 58.2 Å². The van der Waals surface area contributed by atoms with Crippen LogP contribution in [0.1, 0.15) is 66.2 Å². The van der Waals surface area contributed by atoms with Crippen molar-refractivity contribution in [3.63, 3.8) is 0 Å².